The number of methoxy groups -OCH3 is 1. The quantitative estimate of drug-likeness (QED) is 0.534. The molecule has 0 bridgehead atoms. The van der Waals surface area contributed by atoms with Crippen molar-refractivity contribution in [1.82, 2.24) is 10.6 Å². The summed E-state index contributed by atoms with van der Waals surface area (Å²) >= 11 is 11.8. The van der Waals surface area contributed by atoms with Gasteiger partial charge in [-0.2, -0.15) is 0 Å². The first-order chi connectivity index (χ1) is 12.8. The molecule has 8 heteroatoms. The van der Waals surface area contributed by atoms with Crippen LogP contribution in [0.4, 0.5) is 4.39 Å². The Labute approximate surface area is 166 Å². The summed E-state index contributed by atoms with van der Waals surface area (Å²) in [5, 5.41) is 6.02. The minimum atomic E-state index is -0.565. The molecular formula is C19H19Cl2FN2O3. The summed E-state index contributed by atoms with van der Waals surface area (Å²) in [6.45, 7) is 2.11. The molecule has 0 saturated carbocycles. The zero-order chi connectivity index (χ0) is 20.0. The molecule has 5 nitrogen and oxygen atoms in total. The van der Waals surface area contributed by atoms with E-state index in [4.69, 9.17) is 23.2 Å². The number of carbonyl (C=O) groups is 2. The molecule has 2 aromatic carbocycles. The van der Waals surface area contributed by atoms with Crippen LogP contribution in [0.25, 0.3) is 0 Å². The van der Waals surface area contributed by atoms with Crippen molar-refractivity contribution >= 4 is 35.1 Å². The predicted octanol–water partition coefficient (Wildman–Crippen LogP) is 3.89. The van der Waals surface area contributed by atoms with Gasteiger partial charge in [0.15, 0.2) is 0 Å². The molecule has 0 fully saturated rings. The van der Waals surface area contributed by atoms with Crippen molar-refractivity contribution < 1.29 is 18.7 Å². The fourth-order valence-corrected chi connectivity index (χ4v) is 2.91. The summed E-state index contributed by atoms with van der Waals surface area (Å²) in [4.78, 5) is 23.4. The lowest BCUT2D eigenvalue weighted by atomic mass is 10.1. The monoisotopic (exact) mass is 412 g/mol. The van der Waals surface area contributed by atoms with E-state index in [1.807, 2.05) is 0 Å². The molecule has 144 valence electrons. The molecule has 0 aliphatic rings. The second kappa shape index (κ2) is 9.69. The molecule has 2 rings (SSSR count). The Morgan fingerprint density at radius 2 is 1.81 bits per heavy atom. The van der Waals surface area contributed by atoms with Crippen molar-refractivity contribution in [3.05, 3.63) is 69.0 Å². The zero-order valence-electron chi connectivity index (χ0n) is 14.8. The van der Waals surface area contributed by atoms with Crippen LogP contribution in [0.5, 0.6) is 0 Å². The van der Waals surface area contributed by atoms with Gasteiger partial charge in [-0.25, -0.2) is 9.18 Å². The SMILES string of the molecule is COC(=O)c1ccc(CNC(=O)CN[C@@H](C)c2cc(F)c(Cl)cc2Cl)cc1. The van der Waals surface area contributed by atoms with E-state index >= 15 is 0 Å². The molecule has 0 unspecified atom stereocenters. The number of hydrogen-bond acceptors (Lipinski definition) is 4. The van der Waals surface area contributed by atoms with Crippen molar-refractivity contribution in [2.75, 3.05) is 13.7 Å². The number of amides is 1. The van der Waals surface area contributed by atoms with Crippen LogP contribution in [0.15, 0.2) is 36.4 Å². The van der Waals surface area contributed by atoms with Gasteiger partial charge < -0.3 is 15.4 Å². The Morgan fingerprint density at radius 3 is 2.44 bits per heavy atom. The van der Waals surface area contributed by atoms with Gasteiger partial charge in [-0.1, -0.05) is 35.3 Å². The number of benzene rings is 2. The average molecular weight is 413 g/mol. The van der Waals surface area contributed by atoms with Crippen LogP contribution in [0.2, 0.25) is 10.0 Å². The number of carbonyl (C=O) groups excluding carboxylic acids is 2. The summed E-state index contributed by atoms with van der Waals surface area (Å²) in [5.41, 5.74) is 1.80. The molecular weight excluding hydrogens is 394 g/mol. The fourth-order valence-electron chi connectivity index (χ4n) is 2.37. The smallest absolute Gasteiger partial charge is 0.337 e. The van der Waals surface area contributed by atoms with Gasteiger partial charge in [0.1, 0.15) is 5.82 Å². The van der Waals surface area contributed by atoms with Gasteiger partial charge in [0, 0.05) is 17.6 Å². The van der Waals surface area contributed by atoms with Gasteiger partial charge in [-0.05, 0) is 42.3 Å². The molecule has 2 N–H and O–H groups in total. The van der Waals surface area contributed by atoms with Crippen LogP contribution in [0.3, 0.4) is 0 Å². The third kappa shape index (κ3) is 5.92. The molecule has 0 aromatic heterocycles. The van der Waals surface area contributed by atoms with E-state index in [-0.39, 0.29) is 23.5 Å². The van der Waals surface area contributed by atoms with E-state index in [0.717, 1.165) is 5.56 Å². The van der Waals surface area contributed by atoms with E-state index in [2.05, 4.69) is 15.4 Å². The Morgan fingerprint density at radius 1 is 1.15 bits per heavy atom. The molecule has 0 heterocycles. The summed E-state index contributed by atoms with van der Waals surface area (Å²) in [5.74, 6) is -1.21. The van der Waals surface area contributed by atoms with E-state index < -0.39 is 11.8 Å². The topological polar surface area (TPSA) is 67.4 Å². The van der Waals surface area contributed by atoms with Crippen LogP contribution in [0.1, 0.15) is 34.5 Å². The number of hydrogen-bond donors (Lipinski definition) is 2. The maximum Gasteiger partial charge on any atom is 0.337 e. The minimum Gasteiger partial charge on any atom is -0.465 e. The number of nitrogens with one attached hydrogen (secondary N) is 2. The van der Waals surface area contributed by atoms with Crippen LogP contribution in [0, 0.1) is 5.82 Å². The molecule has 0 aliphatic heterocycles. The van der Waals surface area contributed by atoms with Crippen molar-refractivity contribution in [3.63, 3.8) is 0 Å². The van der Waals surface area contributed by atoms with Gasteiger partial charge in [-0.3, -0.25) is 4.79 Å². The Bertz CT molecular complexity index is 828. The number of rotatable bonds is 7. The van der Waals surface area contributed by atoms with Crippen molar-refractivity contribution in [3.8, 4) is 0 Å². The molecule has 2 aromatic rings. The van der Waals surface area contributed by atoms with Gasteiger partial charge in [0.2, 0.25) is 5.91 Å². The highest BCUT2D eigenvalue weighted by Gasteiger charge is 2.14. The molecule has 0 spiro atoms. The van der Waals surface area contributed by atoms with Crippen LogP contribution < -0.4 is 10.6 Å². The zero-order valence-corrected chi connectivity index (χ0v) is 16.3. The summed E-state index contributed by atoms with van der Waals surface area (Å²) < 4.78 is 18.2. The van der Waals surface area contributed by atoms with Gasteiger partial charge >= 0.3 is 5.97 Å². The lowest BCUT2D eigenvalue weighted by molar-refractivity contribution is -0.120. The maximum absolute atomic E-state index is 13.6. The first-order valence-electron chi connectivity index (χ1n) is 8.13. The third-order valence-corrected chi connectivity index (χ3v) is 4.56. The summed E-state index contributed by atoms with van der Waals surface area (Å²) in [6.07, 6.45) is 0. The van der Waals surface area contributed by atoms with E-state index in [1.165, 1.54) is 19.2 Å². The molecule has 0 saturated heterocycles. The van der Waals surface area contributed by atoms with E-state index in [9.17, 15) is 14.0 Å². The van der Waals surface area contributed by atoms with E-state index in [0.29, 0.717) is 22.7 Å². The summed E-state index contributed by atoms with van der Waals surface area (Å²) in [7, 11) is 1.32. The number of halogens is 3. The van der Waals surface area contributed by atoms with Gasteiger partial charge in [-0.15, -0.1) is 0 Å². The van der Waals surface area contributed by atoms with Gasteiger partial charge in [0.05, 0.1) is 24.2 Å². The first kappa shape index (κ1) is 21.2. The van der Waals surface area contributed by atoms with Crippen LogP contribution >= 0.6 is 23.2 Å². The molecule has 0 aliphatic carbocycles. The van der Waals surface area contributed by atoms with E-state index in [1.54, 1.807) is 31.2 Å². The van der Waals surface area contributed by atoms with Crippen molar-refractivity contribution in [2.45, 2.75) is 19.5 Å². The fraction of sp³-hybridized carbons (Fsp3) is 0.263. The molecule has 27 heavy (non-hydrogen) atoms. The standard InChI is InChI=1S/C19H19Cl2FN2O3/c1-11(14-7-17(22)16(21)8-15(14)20)23-10-18(25)24-9-12-3-5-13(6-4-12)19(26)27-2/h3-8,11,23H,9-10H2,1-2H3,(H,24,25)/t11-/m0/s1. The highest BCUT2D eigenvalue weighted by molar-refractivity contribution is 6.35. The van der Waals surface area contributed by atoms with Crippen LogP contribution in [-0.4, -0.2) is 25.5 Å². The maximum atomic E-state index is 13.6. The lowest BCUT2D eigenvalue weighted by Gasteiger charge is -2.16. The molecule has 1 amide bonds. The second-order valence-corrected chi connectivity index (χ2v) is 6.67. The minimum absolute atomic E-state index is 0.0297. The Hall–Kier alpha value is -2.15. The third-order valence-electron chi connectivity index (χ3n) is 3.94. The van der Waals surface area contributed by atoms with Crippen molar-refractivity contribution in [2.24, 2.45) is 0 Å². The number of ether oxygens (including phenoxy) is 1. The molecule has 0 radical (unpaired) electrons. The lowest BCUT2D eigenvalue weighted by Crippen LogP contribution is -2.34. The molecule has 1 atom stereocenters. The number of esters is 1. The Kier molecular flexibility index (Phi) is 7.59. The summed E-state index contributed by atoms with van der Waals surface area (Å²) in [6, 6.07) is 8.98. The highest BCUT2D eigenvalue weighted by Crippen LogP contribution is 2.28. The predicted molar refractivity (Wildman–Crippen MR) is 102 cm³/mol. The van der Waals surface area contributed by atoms with Crippen LogP contribution in [-0.2, 0) is 16.1 Å². The van der Waals surface area contributed by atoms with Crippen molar-refractivity contribution in [1.29, 1.82) is 0 Å². The first-order valence-corrected chi connectivity index (χ1v) is 8.89. The Balaban J connectivity index is 1.84. The second-order valence-electron chi connectivity index (χ2n) is 5.86. The normalized spacial score (nSPS) is 11.7. The van der Waals surface area contributed by atoms with Gasteiger partial charge in [0.25, 0.3) is 0 Å². The highest BCUT2D eigenvalue weighted by atomic mass is 35.5. The average Bonchev–Trinajstić information content (AvgIpc) is 2.67. The largest absolute Gasteiger partial charge is 0.465 e.